The fourth-order valence-electron chi connectivity index (χ4n) is 3.48. The average molecular weight is 238 g/mol. The maximum atomic E-state index is 12.0. The molecular formula is C14H26N2O. The quantitative estimate of drug-likeness (QED) is 0.695. The van der Waals surface area contributed by atoms with Gasteiger partial charge in [-0.15, -0.1) is 0 Å². The van der Waals surface area contributed by atoms with Gasteiger partial charge in [0.1, 0.15) is 0 Å². The zero-order chi connectivity index (χ0) is 12.3. The molecular weight excluding hydrogens is 212 g/mol. The average Bonchev–Trinajstić information content (AvgIpc) is 2.96. The number of nitrogens with one attached hydrogen (secondary N) is 1. The molecule has 0 radical (unpaired) electrons. The van der Waals surface area contributed by atoms with Crippen molar-refractivity contribution in [3.63, 3.8) is 0 Å². The van der Waals surface area contributed by atoms with E-state index in [-0.39, 0.29) is 0 Å². The minimum atomic E-state index is 0.317. The van der Waals surface area contributed by atoms with Crippen molar-refractivity contribution in [1.29, 1.82) is 0 Å². The van der Waals surface area contributed by atoms with Crippen LogP contribution in [-0.4, -0.2) is 19.0 Å². The molecule has 0 spiro atoms. The van der Waals surface area contributed by atoms with E-state index in [0.29, 0.717) is 23.7 Å². The van der Waals surface area contributed by atoms with Gasteiger partial charge in [-0.25, -0.2) is 0 Å². The number of amides is 1. The van der Waals surface area contributed by atoms with E-state index in [2.05, 4.69) is 12.2 Å². The van der Waals surface area contributed by atoms with E-state index in [0.717, 1.165) is 38.3 Å². The minimum absolute atomic E-state index is 0.317. The molecule has 0 saturated heterocycles. The SMILES string of the molecule is CC(CN)CCCNC(=O)C1CC2CCC1C2. The summed E-state index contributed by atoms with van der Waals surface area (Å²) in [5.41, 5.74) is 5.57. The molecule has 4 atom stereocenters. The molecule has 0 aliphatic heterocycles. The number of fused-ring (bicyclic) bond motifs is 2. The Morgan fingerprint density at radius 3 is 2.82 bits per heavy atom. The van der Waals surface area contributed by atoms with Gasteiger partial charge in [-0.05, 0) is 56.4 Å². The van der Waals surface area contributed by atoms with Gasteiger partial charge in [-0.3, -0.25) is 4.79 Å². The fourth-order valence-corrected chi connectivity index (χ4v) is 3.48. The third kappa shape index (κ3) is 3.21. The van der Waals surface area contributed by atoms with Gasteiger partial charge in [-0.1, -0.05) is 13.3 Å². The smallest absolute Gasteiger partial charge is 0.223 e. The van der Waals surface area contributed by atoms with E-state index >= 15 is 0 Å². The van der Waals surface area contributed by atoms with Crippen molar-refractivity contribution >= 4 is 5.91 Å². The minimum Gasteiger partial charge on any atom is -0.356 e. The molecule has 0 aromatic carbocycles. The van der Waals surface area contributed by atoms with Crippen LogP contribution in [0.3, 0.4) is 0 Å². The van der Waals surface area contributed by atoms with Gasteiger partial charge in [0.2, 0.25) is 5.91 Å². The van der Waals surface area contributed by atoms with Gasteiger partial charge in [0.15, 0.2) is 0 Å². The predicted molar refractivity (Wildman–Crippen MR) is 69.4 cm³/mol. The number of rotatable bonds is 6. The Bertz CT molecular complexity index is 267. The van der Waals surface area contributed by atoms with Gasteiger partial charge >= 0.3 is 0 Å². The highest BCUT2D eigenvalue weighted by molar-refractivity contribution is 5.79. The van der Waals surface area contributed by atoms with Crippen molar-refractivity contribution in [3.05, 3.63) is 0 Å². The summed E-state index contributed by atoms with van der Waals surface area (Å²) in [4.78, 5) is 12.0. The van der Waals surface area contributed by atoms with Gasteiger partial charge in [0, 0.05) is 12.5 Å². The van der Waals surface area contributed by atoms with Gasteiger partial charge < -0.3 is 11.1 Å². The fraction of sp³-hybridized carbons (Fsp3) is 0.929. The lowest BCUT2D eigenvalue weighted by atomic mass is 9.88. The molecule has 0 heterocycles. The molecule has 2 aliphatic carbocycles. The van der Waals surface area contributed by atoms with Gasteiger partial charge in [0.25, 0.3) is 0 Å². The first-order valence-corrected chi connectivity index (χ1v) is 7.18. The zero-order valence-electron chi connectivity index (χ0n) is 11.0. The third-order valence-corrected chi connectivity index (χ3v) is 4.65. The van der Waals surface area contributed by atoms with E-state index in [9.17, 15) is 4.79 Å². The predicted octanol–water partition coefficient (Wildman–Crippen LogP) is 1.91. The molecule has 3 heteroatoms. The van der Waals surface area contributed by atoms with E-state index in [1.807, 2.05) is 0 Å². The van der Waals surface area contributed by atoms with Crippen molar-refractivity contribution in [2.24, 2.45) is 29.4 Å². The Morgan fingerprint density at radius 1 is 1.41 bits per heavy atom. The van der Waals surface area contributed by atoms with Crippen molar-refractivity contribution < 1.29 is 4.79 Å². The molecule has 3 nitrogen and oxygen atoms in total. The molecule has 2 rings (SSSR count). The van der Waals surface area contributed by atoms with E-state index < -0.39 is 0 Å². The summed E-state index contributed by atoms with van der Waals surface area (Å²) in [5.74, 6) is 2.78. The standard InChI is InChI=1S/C14H26N2O/c1-10(9-15)3-2-6-16-14(17)13-8-11-4-5-12(13)7-11/h10-13H,2-9,15H2,1H3,(H,16,17). The van der Waals surface area contributed by atoms with Crippen LogP contribution in [0.25, 0.3) is 0 Å². The van der Waals surface area contributed by atoms with Crippen molar-refractivity contribution in [1.82, 2.24) is 5.32 Å². The van der Waals surface area contributed by atoms with Crippen LogP contribution in [-0.2, 0) is 4.79 Å². The molecule has 2 bridgehead atoms. The summed E-state index contributed by atoms with van der Waals surface area (Å²) >= 11 is 0. The third-order valence-electron chi connectivity index (χ3n) is 4.65. The lowest BCUT2D eigenvalue weighted by Gasteiger charge is -2.20. The van der Waals surface area contributed by atoms with Crippen LogP contribution < -0.4 is 11.1 Å². The molecule has 0 aromatic heterocycles. The maximum absolute atomic E-state index is 12.0. The summed E-state index contributed by atoms with van der Waals surface area (Å²) in [6, 6.07) is 0. The van der Waals surface area contributed by atoms with Crippen molar-refractivity contribution in [3.8, 4) is 0 Å². The summed E-state index contributed by atoms with van der Waals surface area (Å²) in [5, 5.41) is 3.11. The molecule has 0 aromatic rings. The van der Waals surface area contributed by atoms with Crippen molar-refractivity contribution in [2.75, 3.05) is 13.1 Å². The molecule has 98 valence electrons. The number of carbonyl (C=O) groups is 1. The highest BCUT2D eigenvalue weighted by atomic mass is 16.1. The van der Waals surface area contributed by atoms with Crippen LogP contribution in [0.5, 0.6) is 0 Å². The highest BCUT2D eigenvalue weighted by Gasteiger charge is 2.42. The zero-order valence-corrected chi connectivity index (χ0v) is 11.0. The van der Waals surface area contributed by atoms with Gasteiger partial charge in [0.05, 0.1) is 0 Å². The number of hydrogen-bond donors (Lipinski definition) is 2. The maximum Gasteiger partial charge on any atom is 0.223 e. The Morgan fingerprint density at radius 2 is 2.24 bits per heavy atom. The molecule has 4 unspecified atom stereocenters. The Balaban J connectivity index is 1.61. The lowest BCUT2D eigenvalue weighted by molar-refractivity contribution is -0.126. The van der Waals surface area contributed by atoms with Crippen LogP contribution in [0.1, 0.15) is 45.4 Å². The number of carbonyl (C=O) groups excluding carboxylic acids is 1. The topological polar surface area (TPSA) is 55.1 Å². The first-order valence-electron chi connectivity index (χ1n) is 7.18. The number of nitrogens with two attached hydrogens (primary N) is 1. The second-order valence-electron chi connectivity index (χ2n) is 6.06. The summed E-state index contributed by atoms with van der Waals surface area (Å²) in [6.07, 6.45) is 7.28. The summed E-state index contributed by atoms with van der Waals surface area (Å²) < 4.78 is 0. The Hall–Kier alpha value is -0.570. The van der Waals surface area contributed by atoms with Gasteiger partial charge in [-0.2, -0.15) is 0 Å². The van der Waals surface area contributed by atoms with Crippen LogP contribution >= 0.6 is 0 Å². The molecule has 17 heavy (non-hydrogen) atoms. The van der Waals surface area contributed by atoms with Crippen LogP contribution in [0.2, 0.25) is 0 Å². The highest BCUT2D eigenvalue weighted by Crippen LogP contribution is 2.48. The molecule has 3 N–H and O–H groups in total. The Labute approximate surface area is 105 Å². The van der Waals surface area contributed by atoms with Crippen molar-refractivity contribution in [2.45, 2.75) is 45.4 Å². The first kappa shape index (κ1) is 12.9. The normalized spacial score (nSPS) is 32.7. The molecule has 2 saturated carbocycles. The number of hydrogen-bond acceptors (Lipinski definition) is 2. The van der Waals surface area contributed by atoms with Crippen LogP contribution in [0.15, 0.2) is 0 Å². The molecule has 1 amide bonds. The molecule has 2 aliphatic rings. The van der Waals surface area contributed by atoms with E-state index in [4.69, 9.17) is 5.73 Å². The second kappa shape index (κ2) is 5.85. The van der Waals surface area contributed by atoms with E-state index in [1.165, 1.54) is 19.3 Å². The molecule has 2 fully saturated rings. The first-order chi connectivity index (χ1) is 8.20. The Kier molecular flexibility index (Phi) is 4.43. The van der Waals surface area contributed by atoms with Crippen LogP contribution in [0, 0.1) is 23.7 Å². The lowest BCUT2D eigenvalue weighted by Crippen LogP contribution is -2.34. The monoisotopic (exact) mass is 238 g/mol. The van der Waals surface area contributed by atoms with Crippen LogP contribution in [0.4, 0.5) is 0 Å². The second-order valence-corrected chi connectivity index (χ2v) is 6.06. The van der Waals surface area contributed by atoms with E-state index in [1.54, 1.807) is 0 Å². The summed E-state index contributed by atoms with van der Waals surface area (Å²) in [7, 11) is 0. The largest absolute Gasteiger partial charge is 0.356 e. The summed E-state index contributed by atoms with van der Waals surface area (Å²) in [6.45, 7) is 3.75.